The number of aromatic amines is 1. The number of hydrogen-bond acceptors (Lipinski definition) is 33. The molecule has 4 aromatic heterocycles. The number of phosphoric acid groups is 1. The van der Waals surface area contributed by atoms with Crippen LogP contribution in [0.15, 0.2) is 12.7 Å². The number of aldehydes is 2. The number of hydrogen-bond donors (Lipinski definition) is 11. The Balaban J connectivity index is -0.000000912. The van der Waals surface area contributed by atoms with Gasteiger partial charge in [-0.2, -0.15) is 28.7 Å². The number of nitrogens with one attached hydrogen (secondary N) is 2. The highest BCUT2D eigenvalue weighted by Crippen LogP contribution is 2.39. The maximum Gasteiger partial charge on any atom is 0.312 e. The molecular weight excluding hydrogens is 1200 g/mol. The number of nitrogen functional groups attached to an aromatic ring is 2. The quantitative estimate of drug-likeness (QED) is 0.0175. The monoisotopic (exact) mass is 1250 g/mol. The van der Waals surface area contributed by atoms with Gasteiger partial charge in [0.25, 0.3) is 0 Å². The minimum Gasteiger partial charge on any atom is -0.790 e. The molecule has 0 saturated carbocycles. The number of H-pyrrole nitrogens is 1. The number of rotatable bonds is 10. The summed E-state index contributed by atoms with van der Waals surface area (Å²) in [6, 6.07) is 0. The van der Waals surface area contributed by atoms with E-state index in [9.17, 15) is 58.9 Å². The van der Waals surface area contributed by atoms with Crippen molar-refractivity contribution in [3.05, 3.63) is 24.8 Å². The molecule has 81 heavy (non-hydrogen) atoms. The highest BCUT2D eigenvalue weighted by molar-refractivity contribution is 7.96. The fourth-order valence-corrected chi connectivity index (χ4v) is 6.21. The molecule has 0 amide bonds. The van der Waals surface area contributed by atoms with Crippen molar-refractivity contribution in [1.29, 1.82) is 5.16 Å². The van der Waals surface area contributed by atoms with Gasteiger partial charge in [0, 0.05) is 27.3 Å². The van der Waals surface area contributed by atoms with E-state index in [1.165, 1.54) is 24.1 Å². The average Bonchev–Trinajstić information content (AvgIpc) is 4.28. The Labute approximate surface area is 462 Å². The van der Waals surface area contributed by atoms with Crippen LogP contribution in [0, 0.1) is 66.7 Å². The minimum atomic E-state index is -5.21. The summed E-state index contributed by atoms with van der Waals surface area (Å²) in [6.45, 7) is -0.986. The number of aromatic nitrogens is 8. The first-order chi connectivity index (χ1) is 37.6. The van der Waals surface area contributed by atoms with Crippen molar-refractivity contribution in [2.75, 3.05) is 37.9 Å². The summed E-state index contributed by atoms with van der Waals surface area (Å²) in [5.41, 5.74) is 5.22. The molecule has 36 nitrogen and oxygen atoms in total. The van der Waals surface area contributed by atoms with Crippen molar-refractivity contribution in [2.24, 2.45) is 0 Å². The first-order valence-corrected chi connectivity index (χ1v) is 25.9. The lowest BCUT2D eigenvalue weighted by Crippen LogP contribution is -2.44. The van der Waals surface area contributed by atoms with Gasteiger partial charge in [-0.3, -0.25) is 23.7 Å². The second kappa shape index (κ2) is 39.7. The number of phosphoric ester groups is 1. The number of carbonyl (C=O) groups excluding carboxylic acids is 2. The van der Waals surface area contributed by atoms with Gasteiger partial charge in [0.1, 0.15) is 36.3 Å². The summed E-state index contributed by atoms with van der Waals surface area (Å²) in [5.74, 6) is 8.02. The molecule has 7 heterocycles. The molecule has 450 valence electrons. The lowest BCUT2D eigenvalue weighted by atomic mass is 9.99. The van der Waals surface area contributed by atoms with Crippen LogP contribution in [0.5, 0.6) is 0 Å². The summed E-state index contributed by atoms with van der Waals surface area (Å²) >= 11 is 0. The topological polar surface area (TPSA) is 626 Å². The minimum absolute atomic E-state index is 0. The fraction of sp³-hybridized carbons (Fsp3) is 0.474. The molecule has 11 atom stereocenters. The predicted octanol–water partition coefficient (Wildman–Crippen LogP) is -7.87. The van der Waals surface area contributed by atoms with E-state index in [0.29, 0.717) is 13.6 Å². The molecular formula is C38H48F2N11O25P5-6. The lowest BCUT2D eigenvalue weighted by molar-refractivity contribution is -0.693. The Morgan fingerprint density at radius 1 is 0.901 bits per heavy atom. The zero-order chi connectivity index (χ0) is 62.1. The van der Waals surface area contributed by atoms with Crippen molar-refractivity contribution in [1.82, 2.24) is 39.5 Å². The third kappa shape index (κ3) is 25.1. The molecule has 43 heteroatoms. The van der Waals surface area contributed by atoms with Gasteiger partial charge >= 0.3 is 12.2 Å². The van der Waals surface area contributed by atoms with Gasteiger partial charge in [-0.1, -0.05) is 32.6 Å². The third-order valence-electron chi connectivity index (χ3n) is 9.38. The van der Waals surface area contributed by atoms with E-state index in [4.69, 9.17) is 89.1 Å². The van der Waals surface area contributed by atoms with Gasteiger partial charge in [0.2, 0.25) is 5.60 Å². The number of nitrogens with zero attached hydrogens (tertiary/aromatic N) is 7. The number of aliphatic hydroxyl groups is 7. The van der Waals surface area contributed by atoms with Crippen LogP contribution < -0.4 is 41.6 Å². The molecule has 0 radical (unpaired) electrons. The Kier molecular flexibility index (Phi) is 39.0. The highest BCUT2D eigenvalue weighted by atomic mass is 32.0. The standard InChI is InChI=1S/C12H12FN5O3.C7H11O7P.C7H10O5.C5H4FN5.C5H6O4.C2H4O.H3NP2.2HO2P.H2O/c1-2-12(4-19)6(20)3-7(21-12)18-5-15-8-9(14)16-11(13)17-10(8)18;1-2-7(4-8)5(9)3-6(13-7)14-15(10,11)12;1-2-7(4-11-10)5(8)3-6(9)12-7;6-5-10-3(7)2-4(11-5)9-1-8-2;1-2-5(7,3-6)4-9-8;1-2-3;3*1-3-2;/h1,5-7,19-20H,3-4H2,(H2,14,16,17);1,5-6,8-9H,3-4H2,(H2,10,11,12);1,5-6,8-10H,3-4H2;1H,(H3,7,8,9,10,11);1,3,7-8H,4H2;2H,1H3;1H,2H2;2*(H,1,2);1H2/p-6/t6-,7+,12+;5-,6+,7+;5-,6?,7+;;5-;;;;;/m000.0...../s1. The lowest BCUT2D eigenvalue weighted by Gasteiger charge is -2.32. The first-order valence-electron chi connectivity index (χ1n) is 20.5. The number of halogens is 2. The van der Waals surface area contributed by atoms with Gasteiger partial charge in [0.05, 0.1) is 64.3 Å². The summed E-state index contributed by atoms with van der Waals surface area (Å²) in [6.07, 6.45) is 14.8. The van der Waals surface area contributed by atoms with Gasteiger partial charge in [-0.05, 0) is 6.92 Å². The second-order valence-electron chi connectivity index (χ2n) is 14.3. The SMILES string of the molecule is C#C[C@](O)(C=O)CO[O-].C#C[C@]1(CO)O[C@@H](n2cnc3c(N)nc(F)nc32)C[C@@H]1O.C#C[C@]1(CO)O[C@H](OP(=O)([O-])[O-])C[C@@H]1O.C#C[C@]1(CO[O-])OC(O)C[C@@H]1O.CC=O.N=PP.Nc1nc(F)nc2nc[nH]c12.O.O=P[O-].O=P[O-]. The van der Waals surface area contributed by atoms with Crippen LogP contribution in [0.25, 0.3) is 22.3 Å². The van der Waals surface area contributed by atoms with Crippen molar-refractivity contribution in [3.8, 4) is 49.4 Å². The van der Waals surface area contributed by atoms with Gasteiger partial charge in [-0.15, -0.1) is 25.7 Å². The summed E-state index contributed by atoms with van der Waals surface area (Å²) in [4.78, 5) is 86.7. The molecule has 4 aromatic rings. The maximum absolute atomic E-state index is 13.3. The number of nitrogens with two attached hydrogens (primary N) is 2. The zero-order valence-electron chi connectivity index (χ0n) is 41.0. The zero-order valence-corrected chi connectivity index (χ0v) is 45.7. The largest absolute Gasteiger partial charge is 0.790 e. The number of fused-ring (bicyclic) bond motifs is 2. The van der Waals surface area contributed by atoms with Crippen LogP contribution in [0.4, 0.5) is 20.4 Å². The molecule has 0 aromatic carbocycles. The number of aliphatic hydroxyl groups excluding tert-OH is 6. The molecule has 3 aliphatic heterocycles. The van der Waals surface area contributed by atoms with E-state index in [2.05, 4.69) is 76.4 Å². The Morgan fingerprint density at radius 2 is 1.38 bits per heavy atom. The molecule has 7 rings (SSSR count). The third-order valence-corrected chi connectivity index (χ3v) is 9.87. The highest BCUT2D eigenvalue weighted by Gasteiger charge is 2.49. The average molecular weight is 1250 g/mol. The van der Waals surface area contributed by atoms with E-state index < -0.39 is 123 Å². The van der Waals surface area contributed by atoms with Crippen molar-refractivity contribution in [2.45, 2.75) is 85.7 Å². The van der Waals surface area contributed by atoms with Crippen molar-refractivity contribution in [3.63, 3.8) is 0 Å². The number of ether oxygens (including phenoxy) is 3. The molecule has 0 aliphatic carbocycles. The summed E-state index contributed by atoms with van der Waals surface area (Å²) in [7, 11) is -4.57. The Morgan fingerprint density at radius 3 is 1.78 bits per heavy atom. The molecule has 15 N–H and O–H groups in total. The fourth-order valence-electron chi connectivity index (χ4n) is 5.79. The van der Waals surface area contributed by atoms with Crippen LogP contribution in [-0.4, -0.2) is 173 Å². The molecule has 2 unspecified atom stereocenters. The second-order valence-corrected chi connectivity index (χ2v) is 16.8. The number of carbonyl (C=O) groups is 2. The van der Waals surface area contributed by atoms with E-state index >= 15 is 0 Å². The van der Waals surface area contributed by atoms with E-state index in [1.54, 1.807) is 5.92 Å². The van der Waals surface area contributed by atoms with Gasteiger partial charge < -0.3 is 126 Å². The van der Waals surface area contributed by atoms with E-state index in [0.717, 1.165) is 6.29 Å². The Bertz CT molecular complexity index is 2780. The van der Waals surface area contributed by atoms with Gasteiger partial charge in [0.15, 0.2) is 64.1 Å². The molecule has 0 bridgehead atoms. The molecule has 3 aliphatic rings. The number of imidazole rings is 2. The van der Waals surface area contributed by atoms with Crippen LogP contribution in [0.1, 0.15) is 32.4 Å². The Hall–Kier alpha value is -5.70. The van der Waals surface area contributed by atoms with E-state index in [-0.39, 0.29) is 59.5 Å². The maximum atomic E-state index is 13.3. The number of anilines is 2. The molecule has 3 fully saturated rings. The van der Waals surface area contributed by atoms with Gasteiger partial charge in [-0.25, -0.2) is 9.97 Å². The van der Waals surface area contributed by atoms with Crippen LogP contribution in [-0.2, 0) is 51.8 Å². The van der Waals surface area contributed by atoms with Crippen LogP contribution in [0.2, 0.25) is 0 Å². The van der Waals surface area contributed by atoms with Crippen LogP contribution in [0.3, 0.4) is 0 Å². The first kappa shape index (κ1) is 79.5. The molecule has 0 spiro atoms. The predicted molar refractivity (Wildman–Crippen MR) is 259 cm³/mol. The number of terminal acetylenes is 4. The van der Waals surface area contributed by atoms with Crippen molar-refractivity contribution >= 4 is 88.7 Å². The van der Waals surface area contributed by atoms with E-state index in [1.807, 2.05) is 5.92 Å². The summed E-state index contributed by atoms with van der Waals surface area (Å²) < 4.78 is 73.2. The van der Waals surface area contributed by atoms with Crippen molar-refractivity contribution < 1.29 is 132 Å². The summed E-state index contributed by atoms with van der Waals surface area (Å²) in [5, 5.41) is 89.9. The normalized spacial score (nSPS) is 24.5. The van der Waals surface area contributed by atoms with Crippen LogP contribution >= 0.6 is 42.2 Å². The smallest absolute Gasteiger partial charge is 0.312 e. The molecule has 3 saturated heterocycles.